The van der Waals surface area contributed by atoms with Crippen molar-refractivity contribution in [2.24, 2.45) is 0 Å². The Bertz CT molecular complexity index is 1130. The topological polar surface area (TPSA) is 109 Å². The Hall–Kier alpha value is -3.85. The third-order valence-corrected chi connectivity index (χ3v) is 5.85. The highest BCUT2D eigenvalue weighted by molar-refractivity contribution is 6.00. The molecule has 192 valence electrons. The summed E-state index contributed by atoms with van der Waals surface area (Å²) >= 11 is 0. The van der Waals surface area contributed by atoms with Crippen LogP contribution in [0.25, 0.3) is 0 Å². The molecule has 1 atom stereocenters. The van der Waals surface area contributed by atoms with Crippen LogP contribution in [0.5, 0.6) is 0 Å². The molecule has 1 unspecified atom stereocenters. The van der Waals surface area contributed by atoms with Crippen LogP contribution < -0.4 is 16.0 Å². The molecule has 4 amide bonds. The summed E-state index contributed by atoms with van der Waals surface area (Å²) in [6.45, 7) is 6.59. The van der Waals surface area contributed by atoms with Crippen LogP contribution in [-0.4, -0.2) is 49.8 Å². The maximum atomic E-state index is 13.0. The molecule has 2 aromatic carbocycles. The SMILES string of the molecule is CCCN1C(=O)NC(c2cccc(NC(=O)Nc3cccc(CC)c3)c2)C(C(=O)OCCOC)=C1C. The van der Waals surface area contributed by atoms with Crippen molar-refractivity contribution in [3.05, 3.63) is 70.9 Å². The normalized spacial score (nSPS) is 15.4. The molecule has 9 nitrogen and oxygen atoms in total. The molecule has 1 heterocycles. The van der Waals surface area contributed by atoms with Gasteiger partial charge in [0, 0.05) is 30.7 Å². The molecule has 2 aromatic rings. The number of methoxy groups -OCH3 is 1. The lowest BCUT2D eigenvalue weighted by Crippen LogP contribution is -2.48. The Morgan fingerprint density at radius 3 is 2.39 bits per heavy atom. The molecular formula is C27H34N4O5. The second-order valence-corrected chi connectivity index (χ2v) is 8.42. The van der Waals surface area contributed by atoms with Gasteiger partial charge < -0.3 is 25.4 Å². The summed E-state index contributed by atoms with van der Waals surface area (Å²) in [5.74, 6) is -0.525. The first-order chi connectivity index (χ1) is 17.4. The first kappa shape index (κ1) is 26.7. The molecule has 0 aliphatic carbocycles. The Morgan fingerprint density at radius 2 is 1.72 bits per heavy atom. The van der Waals surface area contributed by atoms with Gasteiger partial charge in [-0.15, -0.1) is 0 Å². The highest BCUT2D eigenvalue weighted by Crippen LogP contribution is 2.32. The lowest BCUT2D eigenvalue weighted by molar-refractivity contribution is -0.140. The number of allylic oxidation sites excluding steroid dienone is 1. The minimum atomic E-state index is -0.730. The van der Waals surface area contributed by atoms with E-state index in [0.29, 0.717) is 34.8 Å². The van der Waals surface area contributed by atoms with Gasteiger partial charge in [-0.1, -0.05) is 38.1 Å². The second kappa shape index (κ2) is 12.7. The van der Waals surface area contributed by atoms with E-state index in [1.54, 1.807) is 36.1 Å². The minimum absolute atomic E-state index is 0.0988. The summed E-state index contributed by atoms with van der Waals surface area (Å²) in [6, 6.07) is 13.3. The molecule has 0 saturated heterocycles. The summed E-state index contributed by atoms with van der Waals surface area (Å²) in [6.07, 6.45) is 1.60. The highest BCUT2D eigenvalue weighted by atomic mass is 16.6. The van der Waals surface area contributed by atoms with Gasteiger partial charge in [0.25, 0.3) is 0 Å². The standard InChI is InChI=1S/C27H34N4O5/c1-5-13-31-18(3)23(25(32)36-15-14-35-4)24(30-27(31)34)20-10-8-12-22(17-20)29-26(33)28-21-11-7-9-19(6-2)16-21/h7-12,16-17,24H,5-6,13-15H2,1-4H3,(H,30,34)(H2,28,29,33). The van der Waals surface area contributed by atoms with E-state index in [1.165, 1.54) is 7.11 Å². The second-order valence-electron chi connectivity index (χ2n) is 8.42. The third kappa shape index (κ3) is 6.63. The maximum absolute atomic E-state index is 13.0. The number of ether oxygens (including phenoxy) is 2. The smallest absolute Gasteiger partial charge is 0.338 e. The lowest BCUT2D eigenvalue weighted by Gasteiger charge is -2.35. The molecule has 1 aliphatic heterocycles. The Morgan fingerprint density at radius 1 is 1.03 bits per heavy atom. The zero-order valence-corrected chi connectivity index (χ0v) is 21.2. The van der Waals surface area contributed by atoms with E-state index >= 15 is 0 Å². The van der Waals surface area contributed by atoms with Crippen molar-refractivity contribution in [1.29, 1.82) is 0 Å². The number of amides is 4. The van der Waals surface area contributed by atoms with Gasteiger partial charge in [-0.25, -0.2) is 14.4 Å². The summed E-state index contributed by atoms with van der Waals surface area (Å²) in [7, 11) is 1.53. The van der Waals surface area contributed by atoms with Gasteiger partial charge in [0.15, 0.2) is 0 Å². The van der Waals surface area contributed by atoms with Crippen LogP contribution in [0.3, 0.4) is 0 Å². The minimum Gasteiger partial charge on any atom is -0.460 e. The monoisotopic (exact) mass is 494 g/mol. The van der Waals surface area contributed by atoms with Crippen molar-refractivity contribution in [3.63, 3.8) is 0 Å². The Kier molecular flexibility index (Phi) is 9.46. The van der Waals surface area contributed by atoms with Gasteiger partial charge in [-0.3, -0.25) is 4.90 Å². The largest absolute Gasteiger partial charge is 0.460 e. The van der Waals surface area contributed by atoms with E-state index in [4.69, 9.17) is 9.47 Å². The number of rotatable bonds is 10. The summed E-state index contributed by atoms with van der Waals surface area (Å²) in [5, 5.41) is 8.58. The van der Waals surface area contributed by atoms with E-state index in [0.717, 1.165) is 18.4 Å². The van der Waals surface area contributed by atoms with Crippen molar-refractivity contribution in [3.8, 4) is 0 Å². The zero-order chi connectivity index (χ0) is 26.1. The van der Waals surface area contributed by atoms with E-state index in [-0.39, 0.29) is 19.2 Å². The number of nitrogens with one attached hydrogen (secondary N) is 3. The molecule has 0 fully saturated rings. The number of hydrogen-bond acceptors (Lipinski definition) is 5. The number of carbonyl (C=O) groups excluding carboxylic acids is 3. The number of esters is 1. The summed E-state index contributed by atoms with van der Waals surface area (Å²) in [5.41, 5.74) is 3.86. The molecule has 9 heteroatoms. The molecule has 3 N–H and O–H groups in total. The van der Waals surface area contributed by atoms with E-state index in [9.17, 15) is 14.4 Å². The molecular weight excluding hydrogens is 460 g/mol. The highest BCUT2D eigenvalue weighted by Gasteiger charge is 2.36. The number of carbonyl (C=O) groups is 3. The van der Waals surface area contributed by atoms with Crippen LogP contribution >= 0.6 is 0 Å². The lowest BCUT2D eigenvalue weighted by atomic mass is 9.94. The van der Waals surface area contributed by atoms with Crippen LogP contribution in [0.1, 0.15) is 44.4 Å². The molecule has 0 spiro atoms. The molecule has 0 saturated carbocycles. The fourth-order valence-electron chi connectivity index (χ4n) is 4.04. The summed E-state index contributed by atoms with van der Waals surface area (Å²) < 4.78 is 10.4. The number of benzene rings is 2. The number of nitrogens with zero attached hydrogens (tertiary/aromatic N) is 1. The molecule has 0 radical (unpaired) electrons. The summed E-state index contributed by atoms with van der Waals surface area (Å²) in [4.78, 5) is 40.1. The van der Waals surface area contributed by atoms with Crippen LogP contribution in [-0.2, 0) is 20.7 Å². The molecule has 0 bridgehead atoms. The average molecular weight is 495 g/mol. The van der Waals surface area contributed by atoms with Gasteiger partial charge in [-0.2, -0.15) is 0 Å². The molecule has 1 aliphatic rings. The van der Waals surface area contributed by atoms with Crippen LogP contribution in [0, 0.1) is 0 Å². The van der Waals surface area contributed by atoms with Crippen molar-refractivity contribution in [2.45, 2.75) is 39.7 Å². The first-order valence-electron chi connectivity index (χ1n) is 12.1. The van der Waals surface area contributed by atoms with Crippen LogP contribution in [0.4, 0.5) is 21.0 Å². The molecule has 3 rings (SSSR count). The number of anilines is 2. The van der Waals surface area contributed by atoms with Crippen molar-refractivity contribution < 1.29 is 23.9 Å². The van der Waals surface area contributed by atoms with E-state index in [2.05, 4.69) is 16.0 Å². The van der Waals surface area contributed by atoms with Crippen LogP contribution in [0.15, 0.2) is 59.8 Å². The third-order valence-electron chi connectivity index (χ3n) is 5.85. The fraction of sp³-hybridized carbons (Fsp3) is 0.370. The Labute approximate surface area is 211 Å². The Balaban J connectivity index is 1.84. The van der Waals surface area contributed by atoms with E-state index < -0.39 is 18.0 Å². The van der Waals surface area contributed by atoms with Crippen LogP contribution in [0.2, 0.25) is 0 Å². The van der Waals surface area contributed by atoms with Crippen molar-refractivity contribution in [2.75, 3.05) is 37.5 Å². The maximum Gasteiger partial charge on any atom is 0.338 e. The number of hydrogen-bond donors (Lipinski definition) is 3. The van der Waals surface area contributed by atoms with Gasteiger partial charge in [0.05, 0.1) is 18.2 Å². The predicted octanol–water partition coefficient (Wildman–Crippen LogP) is 4.83. The molecule has 0 aromatic heterocycles. The van der Waals surface area contributed by atoms with Gasteiger partial charge >= 0.3 is 18.0 Å². The predicted molar refractivity (Wildman–Crippen MR) is 139 cm³/mol. The zero-order valence-electron chi connectivity index (χ0n) is 21.2. The quantitative estimate of drug-likeness (QED) is 0.324. The fourth-order valence-corrected chi connectivity index (χ4v) is 4.04. The van der Waals surface area contributed by atoms with Gasteiger partial charge in [0.1, 0.15) is 6.61 Å². The van der Waals surface area contributed by atoms with Gasteiger partial charge in [0.2, 0.25) is 0 Å². The number of aryl methyl sites for hydroxylation is 1. The average Bonchev–Trinajstić information content (AvgIpc) is 2.86. The molecule has 36 heavy (non-hydrogen) atoms. The van der Waals surface area contributed by atoms with Crippen molar-refractivity contribution in [1.82, 2.24) is 10.2 Å². The number of urea groups is 2. The van der Waals surface area contributed by atoms with Gasteiger partial charge in [-0.05, 0) is 55.2 Å². The van der Waals surface area contributed by atoms with Crippen molar-refractivity contribution >= 4 is 29.4 Å². The van der Waals surface area contributed by atoms with E-state index in [1.807, 2.05) is 38.1 Å². The first-order valence-corrected chi connectivity index (χ1v) is 12.1.